The first-order valence-corrected chi connectivity index (χ1v) is 14.5. The molecule has 4 aromatic rings. The average Bonchev–Trinajstić information content (AvgIpc) is 3.53. The van der Waals surface area contributed by atoms with E-state index in [0.29, 0.717) is 23.9 Å². The fourth-order valence-electron chi connectivity index (χ4n) is 6.08. The lowest BCUT2D eigenvalue weighted by Gasteiger charge is -2.34. The fourth-order valence-corrected chi connectivity index (χ4v) is 6.08. The molecule has 1 aliphatic carbocycles. The highest BCUT2D eigenvalue weighted by Gasteiger charge is 2.43. The summed E-state index contributed by atoms with van der Waals surface area (Å²) in [4.78, 5) is 22.2. The van der Waals surface area contributed by atoms with Gasteiger partial charge in [-0.25, -0.2) is 4.98 Å². The highest BCUT2D eigenvalue weighted by Crippen LogP contribution is 2.43. The van der Waals surface area contributed by atoms with Gasteiger partial charge in [0.05, 0.1) is 36.5 Å². The van der Waals surface area contributed by atoms with Gasteiger partial charge in [-0.2, -0.15) is 10.1 Å². The van der Waals surface area contributed by atoms with Gasteiger partial charge in [0.1, 0.15) is 5.82 Å². The molecule has 3 heterocycles. The average molecular weight is 568 g/mol. The lowest BCUT2D eigenvalue weighted by Crippen LogP contribution is -2.40. The molecule has 0 saturated heterocycles. The number of aromatic nitrogens is 4. The summed E-state index contributed by atoms with van der Waals surface area (Å²) in [5.41, 5.74) is 3.76. The Morgan fingerprint density at radius 3 is 2.60 bits per heavy atom. The van der Waals surface area contributed by atoms with Crippen LogP contribution in [0.2, 0.25) is 0 Å². The van der Waals surface area contributed by atoms with Crippen molar-refractivity contribution in [1.82, 2.24) is 25.1 Å². The standard InChI is InChI=1S/C32H37N7O3/c1-31(2,42)20-39-18-22(16-34-39)25-17-33-30(37-28(25)36-27(19-40)21-9-5-3-6-10-21)35-23-11-12-24-26(15-23)32(38-29(24)41)13-7-4-8-14-32/h3,5-6,9-12,15-18,27,40,42H,4,7-8,13-14,19-20H2,1-2H3,(H,38,41)(H2,33,35,36,37)/t27-/m1/s1. The van der Waals surface area contributed by atoms with Crippen LogP contribution in [-0.4, -0.2) is 48.1 Å². The van der Waals surface area contributed by atoms with Gasteiger partial charge in [-0.15, -0.1) is 0 Å². The monoisotopic (exact) mass is 567 g/mol. The van der Waals surface area contributed by atoms with E-state index < -0.39 is 11.6 Å². The number of hydrogen-bond donors (Lipinski definition) is 5. The van der Waals surface area contributed by atoms with Crippen LogP contribution in [0.25, 0.3) is 11.1 Å². The molecule has 2 aromatic carbocycles. The SMILES string of the molecule is CC(C)(O)Cn1cc(-c2cnc(Nc3ccc4c(c3)C3(CCCCC3)NC4=O)nc2N[C@H](CO)c2ccccc2)cn1. The molecule has 0 unspecified atom stereocenters. The fraction of sp³-hybridized carbons (Fsp3) is 0.375. The van der Waals surface area contributed by atoms with Gasteiger partial charge in [0.2, 0.25) is 5.95 Å². The molecule has 0 radical (unpaired) electrons. The quantitative estimate of drug-likeness (QED) is 0.193. The van der Waals surface area contributed by atoms with Crippen molar-refractivity contribution in [3.63, 3.8) is 0 Å². The summed E-state index contributed by atoms with van der Waals surface area (Å²) < 4.78 is 1.69. The van der Waals surface area contributed by atoms with Crippen LogP contribution in [-0.2, 0) is 12.1 Å². The number of aliphatic hydroxyl groups is 2. The Morgan fingerprint density at radius 2 is 1.86 bits per heavy atom. The highest BCUT2D eigenvalue weighted by molar-refractivity contribution is 6.00. The van der Waals surface area contributed by atoms with Crippen molar-refractivity contribution in [3.8, 4) is 11.1 Å². The summed E-state index contributed by atoms with van der Waals surface area (Å²) in [6, 6.07) is 15.1. The van der Waals surface area contributed by atoms with E-state index in [0.717, 1.165) is 53.6 Å². The molecule has 1 saturated carbocycles. The smallest absolute Gasteiger partial charge is 0.252 e. The minimum Gasteiger partial charge on any atom is -0.394 e. The Morgan fingerprint density at radius 1 is 1.07 bits per heavy atom. The molecule has 10 heteroatoms. The topological polar surface area (TPSA) is 137 Å². The van der Waals surface area contributed by atoms with E-state index in [-0.39, 0.29) is 18.1 Å². The molecular weight excluding hydrogens is 530 g/mol. The van der Waals surface area contributed by atoms with E-state index >= 15 is 0 Å². The number of anilines is 3. The normalized spacial score (nSPS) is 16.6. The number of fused-ring (bicyclic) bond motifs is 2. The zero-order chi connectivity index (χ0) is 29.3. The van der Waals surface area contributed by atoms with Crippen LogP contribution in [0.3, 0.4) is 0 Å². The van der Waals surface area contributed by atoms with Crippen LogP contribution in [0.4, 0.5) is 17.5 Å². The van der Waals surface area contributed by atoms with Gasteiger partial charge >= 0.3 is 0 Å². The van der Waals surface area contributed by atoms with E-state index in [4.69, 9.17) is 4.98 Å². The lowest BCUT2D eigenvalue weighted by molar-refractivity contribution is 0.0577. The molecule has 10 nitrogen and oxygen atoms in total. The van der Waals surface area contributed by atoms with Gasteiger partial charge in [0.25, 0.3) is 5.91 Å². The van der Waals surface area contributed by atoms with Crippen molar-refractivity contribution >= 4 is 23.4 Å². The summed E-state index contributed by atoms with van der Waals surface area (Å²) in [5.74, 6) is 0.899. The molecule has 0 bridgehead atoms. The number of carbonyl (C=O) groups excluding carboxylic acids is 1. The van der Waals surface area contributed by atoms with Crippen molar-refractivity contribution in [2.24, 2.45) is 0 Å². The van der Waals surface area contributed by atoms with Gasteiger partial charge in [-0.3, -0.25) is 9.48 Å². The molecule has 1 amide bonds. The second kappa shape index (κ2) is 11.2. The maximum atomic E-state index is 12.7. The predicted molar refractivity (Wildman–Crippen MR) is 161 cm³/mol. The van der Waals surface area contributed by atoms with E-state index in [9.17, 15) is 15.0 Å². The number of aliphatic hydroxyl groups excluding tert-OH is 1. The van der Waals surface area contributed by atoms with Gasteiger partial charge in [-0.1, -0.05) is 49.6 Å². The largest absolute Gasteiger partial charge is 0.394 e. The first-order valence-electron chi connectivity index (χ1n) is 14.5. The number of nitrogens with zero attached hydrogens (tertiary/aromatic N) is 4. The lowest BCUT2D eigenvalue weighted by atomic mass is 9.77. The second-order valence-electron chi connectivity index (χ2n) is 12.0. The van der Waals surface area contributed by atoms with Gasteiger partial charge in [0, 0.05) is 34.8 Å². The maximum absolute atomic E-state index is 12.7. The van der Waals surface area contributed by atoms with Gasteiger partial charge in [0.15, 0.2) is 0 Å². The van der Waals surface area contributed by atoms with E-state index in [1.54, 1.807) is 30.9 Å². The van der Waals surface area contributed by atoms with Crippen LogP contribution in [0.1, 0.15) is 73.5 Å². The Bertz CT molecular complexity index is 1570. The second-order valence-corrected chi connectivity index (χ2v) is 12.0. The van der Waals surface area contributed by atoms with Crippen LogP contribution in [0, 0.1) is 0 Å². The molecule has 5 N–H and O–H groups in total. The minimum atomic E-state index is -0.920. The molecule has 218 valence electrons. The summed E-state index contributed by atoms with van der Waals surface area (Å²) in [5, 5.41) is 35.0. The van der Waals surface area contributed by atoms with Crippen LogP contribution in [0.5, 0.6) is 0 Å². The molecule has 1 aliphatic heterocycles. The third kappa shape index (κ3) is 5.73. The Kier molecular flexibility index (Phi) is 7.42. The molecule has 6 rings (SSSR count). The van der Waals surface area contributed by atoms with Gasteiger partial charge < -0.3 is 26.2 Å². The predicted octanol–water partition coefficient (Wildman–Crippen LogP) is 4.90. The van der Waals surface area contributed by atoms with Crippen LogP contribution in [0.15, 0.2) is 67.1 Å². The van der Waals surface area contributed by atoms with Gasteiger partial charge in [-0.05, 0) is 56.0 Å². The van der Waals surface area contributed by atoms with Crippen molar-refractivity contribution in [2.45, 2.75) is 69.7 Å². The number of hydrogen-bond acceptors (Lipinski definition) is 8. The van der Waals surface area contributed by atoms with Crippen molar-refractivity contribution < 1.29 is 15.0 Å². The third-order valence-electron chi connectivity index (χ3n) is 8.07. The maximum Gasteiger partial charge on any atom is 0.252 e. The van der Waals surface area contributed by atoms with Crippen molar-refractivity contribution in [1.29, 1.82) is 0 Å². The summed E-state index contributed by atoms with van der Waals surface area (Å²) in [7, 11) is 0. The first kappa shape index (κ1) is 27.9. The van der Waals surface area contributed by atoms with Crippen LogP contribution >= 0.6 is 0 Å². The first-order chi connectivity index (χ1) is 20.2. The number of benzene rings is 2. The molecule has 1 fully saturated rings. The summed E-state index contributed by atoms with van der Waals surface area (Å²) in [6.45, 7) is 3.66. The van der Waals surface area contributed by atoms with E-state index in [2.05, 4.69) is 26.0 Å². The zero-order valence-corrected chi connectivity index (χ0v) is 24.0. The molecule has 1 atom stereocenters. The van der Waals surface area contributed by atoms with E-state index in [1.807, 2.05) is 54.7 Å². The van der Waals surface area contributed by atoms with Crippen LogP contribution < -0.4 is 16.0 Å². The summed E-state index contributed by atoms with van der Waals surface area (Å²) in [6.07, 6.45) is 10.6. The Balaban J connectivity index is 1.34. The molecule has 42 heavy (non-hydrogen) atoms. The number of carbonyl (C=O) groups is 1. The number of nitrogens with one attached hydrogen (secondary N) is 3. The number of amides is 1. The third-order valence-corrected chi connectivity index (χ3v) is 8.07. The molecule has 2 aliphatic rings. The highest BCUT2D eigenvalue weighted by atomic mass is 16.3. The van der Waals surface area contributed by atoms with Crippen molar-refractivity contribution in [3.05, 3.63) is 83.8 Å². The summed E-state index contributed by atoms with van der Waals surface area (Å²) >= 11 is 0. The Hall–Kier alpha value is -4.28. The van der Waals surface area contributed by atoms with E-state index in [1.165, 1.54) is 6.42 Å². The zero-order valence-electron chi connectivity index (χ0n) is 24.0. The molecule has 1 spiro atoms. The Labute approximate surface area is 245 Å². The molecule has 2 aromatic heterocycles. The molecular formula is C32H37N7O3. The number of rotatable bonds is 9. The minimum absolute atomic E-state index is 0.00775. The van der Waals surface area contributed by atoms with Crippen molar-refractivity contribution in [2.75, 3.05) is 17.2 Å².